The molecule has 0 saturated carbocycles. The van der Waals surface area contributed by atoms with Gasteiger partial charge in [0.2, 0.25) is 0 Å². The maximum absolute atomic E-state index is 13.1. The van der Waals surface area contributed by atoms with Crippen LogP contribution in [0.2, 0.25) is 0 Å². The van der Waals surface area contributed by atoms with Crippen LogP contribution in [0.3, 0.4) is 0 Å². The van der Waals surface area contributed by atoms with E-state index in [1.807, 2.05) is 25.1 Å². The number of carbonyl (C=O) groups excluding carboxylic acids is 1. The zero-order chi connectivity index (χ0) is 13.7. The predicted octanol–water partition coefficient (Wildman–Crippen LogP) is 4.19. The molecule has 1 amide bonds. The topological polar surface area (TPSA) is 29.1 Å². The molecule has 0 aliphatic rings. The van der Waals surface area contributed by atoms with Gasteiger partial charge in [-0.3, -0.25) is 4.79 Å². The predicted molar refractivity (Wildman–Crippen MR) is 77.2 cm³/mol. The standard InChI is InChI=1S/C15H14FNOS/c1-2-19-14-9-4-3-8-13(14)15(18)17-12-7-5-6-11(16)10-12/h3-10H,2H2,1H3,(H,17,18). The monoisotopic (exact) mass is 275 g/mol. The third-order valence-electron chi connectivity index (χ3n) is 2.51. The second kappa shape index (κ2) is 6.38. The van der Waals surface area contributed by atoms with Crippen LogP contribution in [0, 0.1) is 5.82 Å². The van der Waals surface area contributed by atoms with Crippen molar-refractivity contribution in [2.75, 3.05) is 11.1 Å². The van der Waals surface area contributed by atoms with Crippen molar-refractivity contribution in [3.05, 3.63) is 59.9 Å². The van der Waals surface area contributed by atoms with Crippen LogP contribution in [0.5, 0.6) is 0 Å². The lowest BCUT2D eigenvalue weighted by Crippen LogP contribution is -2.13. The zero-order valence-electron chi connectivity index (χ0n) is 10.5. The summed E-state index contributed by atoms with van der Waals surface area (Å²) in [6.45, 7) is 2.03. The number of rotatable bonds is 4. The van der Waals surface area contributed by atoms with Crippen molar-refractivity contribution in [3.8, 4) is 0 Å². The Morgan fingerprint density at radius 1 is 1.21 bits per heavy atom. The van der Waals surface area contributed by atoms with Gasteiger partial charge < -0.3 is 5.32 Å². The number of hydrogen-bond acceptors (Lipinski definition) is 2. The Balaban J connectivity index is 2.20. The largest absolute Gasteiger partial charge is 0.322 e. The molecule has 1 N–H and O–H groups in total. The number of halogens is 1. The molecule has 0 aromatic heterocycles. The maximum atomic E-state index is 13.1. The Labute approximate surface area is 116 Å². The average Bonchev–Trinajstić information content (AvgIpc) is 2.39. The van der Waals surface area contributed by atoms with Gasteiger partial charge in [-0.2, -0.15) is 0 Å². The second-order valence-electron chi connectivity index (χ2n) is 3.89. The van der Waals surface area contributed by atoms with Gasteiger partial charge in [0, 0.05) is 10.6 Å². The van der Waals surface area contributed by atoms with Gasteiger partial charge in [0.25, 0.3) is 5.91 Å². The number of thioether (sulfide) groups is 1. The number of amides is 1. The summed E-state index contributed by atoms with van der Waals surface area (Å²) < 4.78 is 13.1. The van der Waals surface area contributed by atoms with Crippen LogP contribution < -0.4 is 5.32 Å². The third kappa shape index (κ3) is 3.58. The van der Waals surface area contributed by atoms with Crippen molar-refractivity contribution in [2.24, 2.45) is 0 Å². The minimum absolute atomic E-state index is 0.220. The number of carbonyl (C=O) groups is 1. The number of nitrogens with one attached hydrogen (secondary N) is 1. The van der Waals surface area contributed by atoms with E-state index >= 15 is 0 Å². The molecular weight excluding hydrogens is 261 g/mol. The first-order valence-electron chi connectivity index (χ1n) is 5.99. The molecule has 2 aromatic carbocycles. The van der Waals surface area contributed by atoms with E-state index in [2.05, 4.69) is 5.32 Å². The molecule has 0 fully saturated rings. The molecule has 0 aliphatic heterocycles. The van der Waals surface area contributed by atoms with Gasteiger partial charge in [0.05, 0.1) is 5.56 Å². The van der Waals surface area contributed by atoms with Crippen LogP contribution >= 0.6 is 11.8 Å². The van der Waals surface area contributed by atoms with Crippen LogP contribution in [-0.4, -0.2) is 11.7 Å². The number of benzene rings is 2. The van der Waals surface area contributed by atoms with Crippen molar-refractivity contribution >= 4 is 23.4 Å². The van der Waals surface area contributed by atoms with Gasteiger partial charge in [0.15, 0.2) is 0 Å². The van der Waals surface area contributed by atoms with E-state index in [1.54, 1.807) is 30.0 Å². The van der Waals surface area contributed by atoms with Gasteiger partial charge >= 0.3 is 0 Å². The summed E-state index contributed by atoms with van der Waals surface area (Å²) in [4.78, 5) is 13.1. The van der Waals surface area contributed by atoms with Crippen molar-refractivity contribution in [2.45, 2.75) is 11.8 Å². The first-order chi connectivity index (χ1) is 9.20. The molecule has 0 radical (unpaired) electrons. The first kappa shape index (κ1) is 13.6. The minimum Gasteiger partial charge on any atom is -0.322 e. The molecule has 2 aromatic rings. The van der Waals surface area contributed by atoms with E-state index in [9.17, 15) is 9.18 Å². The molecule has 0 bridgehead atoms. The fourth-order valence-electron chi connectivity index (χ4n) is 1.70. The summed E-state index contributed by atoms with van der Waals surface area (Å²) in [6, 6.07) is 13.3. The van der Waals surface area contributed by atoms with E-state index in [0.29, 0.717) is 11.3 Å². The van der Waals surface area contributed by atoms with E-state index < -0.39 is 0 Å². The third-order valence-corrected chi connectivity index (χ3v) is 3.47. The average molecular weight is 275 g/mol. The molecule has 0 atom stereocenters. The zero-order valence-corrected chi connectivity index (χ0v) is 11.3. The summed E-state index contributed by atoms with van der Waals surface area (Å²) in [6.07, 6.45) is 0. The Kier molecular flexibility index (Phi) is 4.58. The molecule has 2 rings (SSSR count). The lowest BCUT2D eigenvalue weighted by molar-refractivity contribution is 0.102. The van der Waals surface area contributed by atoms with Crippen molar-refractivity contribution in [1.29, 1.82) is 0 Å². The van der Waals surface area contributed by atoms with Gasteiger partial charge in [-0.1, -0.05) is 25.1 Å². The molecule has 4 heteroatoms. The maximum Gasteiger partial charge on any atom is 0.256 e. The van der Waals surface area contributed by atoms with Gasteiger partial charge in [-0.15, -0.1) is 11.8 Å². The second-order valence-corrected chi connectivity index (χ2v) is 5.20. The molecule has 0 heterocycles. The summed E-state index contributed by atoms with van der Waals surface area (Å²) in [7, 11) is 0. The molecule has 0 unspecified atom stereocenters. The number of hydrogen-bond donors (Lipinski definition) is 1. The van der Waals surface area contributed by atoms with E-state index in [0.717, 1.165) is 10.6 Å². The Morgan fingerprint density at radius 2 is 2.00 bits per heavy atom. The molecular formula is C15H14FNOS. The quantitative estimate of drug-likeness (QED) is 0.848. The highest BCUT2D eigenvalue weighted by atomic mass is 32.2. The van der Waals surface area contributed by atoms with Crippen molar-refractivity contribution in [3.63, 3.8) is 0 Å². The highest BCUT2D eigenvalue weighted by Gasteiger charge is 2.11. The fraction of sp³-hybridized carbons (Fsp3) is 0.133. The Morgan fingerprint density at radius 3 is 2.74 bits per heavy atom. The van der Waals surface area contributed by atoms with Crippen LogP contribution in [0.4, 0.5) is 10.1 Å². The summed E-state index contributed by atoms with van der Waals surface area (Å²) in [5.74, 6) is 0.306. The SMILES string of the molecule is CCSc1ccccc1C(=O)Nc1cccc(F)c1. The molecule has 0 saturated heterocycles. The Hall–Kier alpha value is -1.81. The molecule has 0 aliphatic carbocycles. The lowest BCUT2D eigenvalue weighted by Gasteiger charge is -2.09. The molecule has 2 nitrogen and oxygen atoms in total. The van der Waals surface area contributed by atoms with Crippen molar-refractivity contribution < 1.29 is 9.18 Å². The van der Waals surface area contributed by atoms with Gasteiger partial charge in [-0.25, -0.2) is 4.39 Å². The lowest BCUT2D eigenvalue weighted by atomic mass is 10.2. The molecule has 98 valence electrons. The Bertz CT molecular complexity index is 586. The first-order valence-corrected chi connectivity index (χ1v) is 6.98. The normalized spacial score (nSPS) is 10.2. The highest BCUT2D eigenvalue weighted by Crippen LogP contribution is 2.23. The fourth-order valence-corrected chi connectivity index (χ4v) is 2.50. The molecule has 19 heavy (non-hydrogen) atoms. The highest BCUT2D eigenvalue weighted by molar-refractivity contribution is 7.99. The van der Waals surface area contributed by atoms with Gasteiger partial charge in [0.1, 0.15) is 5.82 Å². The van der Waals surface area contributed by atoms with E-state index in [4.69, 9.17) is 0 Å². The molecule has 0 spiro atoms. The van der Waals surface area contributed by atoms with Crippen LogP contribution in [0.25, 0.3) is 0 Å². The number of anilines is 1. The summed E-state index contributed by atoms with van der Waals surface area (Å²) in [5, 5.41) is 2.71. The van der Waals surface area contributed by atoms with Gasteiger partial charge in [-0.05, 0) is 36.1 Å². The van der Waals surface area contributed by atoms with Crippen LogP contribution in [0.1, 0.15) is 17.3 Å². The smallest absolute Gasteiger partial charge is 0.256 e. The summed E-state index contributed by atoms with van der Waals surface area (Å²) >= 11 is 1.61. The van der Waals surface area contributed by atoms with Crippen LogP contribution in [-0.2, 0) is 0 Å². The van der Waals surface area contributed by atoms with E-state index in [1.165, 1.54) is 12.1 Å². The van der Waals surface area contributed by atoms with Crippen LogP contribution in [0.15, 0.2) is 53.4 Å². The van der Waals surface area contributed by atoms with E-state index in [-0.39, 0.29) is 11.7 Å². The van der Waals surface area contributed by atoms with Crippen molar-refractivity contribution in [1.82, 2.24) is 0 Å². The minimum atomic E-state index is -0.367. The summed E-state index contributed by atoms with van der Waals surface area (Å²) in [5.41, 5.74) is 1.07.